The van der Waals surface area contributed by atoms with E-state index in [9.17, 15) is 17.6 Å². The number of methoxy groups -OCH3 is 1. The van der Waals surface area contributed by atoms with Gasteiger partial charge in [-0.15, -0.1) is 12.4 Å². The number of carbonyl (C=O) groups is 1. The number of hydrogen-bond donors (Lipinski definition) is 1. The Hall–Kier alpha value is -1.22. The van der Waals surface area contributed by atoms with E-state index in [0.717, 1.165) is 25.3 Å². The van der Waals surface area contributed by atoms with Gasteiger partial charge in [0.15, 0.2) is 0 Å². The van der Waals surface area contributed by atoms with Gasteiger partial charge < -0.3 is 10.1 Å². The lowest BCUT2D eigenvalue weighted by molar-refractivity contribution is 0.0596. The molecule has 1 aromatic rings. The van der Waals surface area contributed by atoms with E-state index in [4.69, 9.17) is 0 Å². The molecule has 0 amide bonds. The van der Waals surface area contributed by atoms with E-state index in [1.165, 1.54) is 4.31 Å². The molecule has 1 heterocycles. The average Bonchev–Trinajstić information content (AvgIpc) is 2.49. The van der Waals surface area contributed by atoms with Crippen molar-refractivity contribution in [2.24, 2.45) is 0 Å². The number of nitrogens with one attached hydrogen (secondary N) is 1. The van der Waals surface area contributed by atoms with Gasteiger partial charge in [0.2, 0.25) is 10.0 Å². The fourth-order valence-electron chi connectivity index (χ4n) is 2.48. The highest BCUT2D eigenvalue weighted by Crippen LogP contribution is 2.25. The van der Waals surface area contributed by atoms with E-state index >= 15 is 0 Å². The van der Waals surface area contributed by atoms with Crippen LogP contribution in [0.4, 0.5) is 4.39 Å². The predicted molar refractivity (Wildman–Crippen MR) is 85.8 cm³/mol. The highest BCUT2D eigenvalue weighted by molar-refractivity contribution is 7.89. The number of halogens is 2. The van der Waals surface area contributed by atoms with Crippen molar-refractivity contribution in [3.05, 3.63) is 29.6 Å². The molecule has 130 valence electrons. The maximum absolute atomic E-state index is 13.5. The molecular weight excluding hydrogens is 347 g/mol. The maximum Gasteiger partial charge on any atom is 0.339 e. The first-order valence-corrected chi connectivity index (χ1v) is 8.36. The summed E-state index contributed by atoms with van der Waals surface area (Å²) in [6.45, 7) is 4.39. The van der Waals surface area contributed by atoms with Gasteiger partial charge in [-0.3, -0.25) is 0 Å². The Labute approximate surface area is 141 Å². The van der Waals surface area contributed by atoms with Crippen LogP contribution in [0.2, 0.25) is 0 Å². The molecule has 6 nitrogen and oxygen atoms in total. The number of rotatable bonds is 3. The molecule has 1 aromatic carbocycles. The molecule has 0 bridgehead atoms. The van der Waals surface area contributed by atoms with E-state index in [1.807, 2.05) is 6.92 Å². The Kier molecular flexibility index (Phi) is 6.52. The summed E-state index contributed by atoms with van der Waals surface area (Å²) in [6.07, 6.45) is 0. The molecule has 0 radical (unpaired) electrons. The predicted octanol–water partition coefficient (Wildman–Crippen LogP) is 1.41. The standard InChI is InChI=1S/C14H19FN2O4S.ClH/c1-9-10(2)17(7-6-16-9)22(19,20)13-8-11(15)4-5-12(13)14(18)21-3;/h4-5,8-10,16H,6-7H2,1-3H3;1H. The summed E-state index contributed by atoms with van der Waals surface area (Å²) in [5.41, 5.74) is -0.165. The van der Waals surface area contributed by atoms with E-state index in [2.05, 4.69) is 10.1 Å². The zero-order valence-electron chi connectivity index (χ0n) is 13.1. The van der Waals surface area contributed by atoms with Crippen LogP contribution < -0.4 is 5.32 Å². The zero-order valence-corrected chi connectivity index (χ0v) is 14.7. The third-order valence-corrected chi connectivity index (χ3v) is 5.94. The fraction of sp³-hybridized carbons (Fsp3) is 0.500. The summed E-state index contributed by atoms with van der Waals surface area (Å²) in [7, 11) is -2.85. The van der Waals surface area contributed by atoms with Gasteiger partial charge in [-0.25, -0.2) is 17.6 Å². The van der Waals surface area contributed by atoms with Crippen LogP contribution in [0.3, 0.4) is 0 Å². The van der Waals surface area contributed by atoms with Crippen molar-refractivity contribution in [2.75, 3.05) is 20.2 Å². The van der Waals surface area contributed by atoms with Crippen LogP contribution in [0.15, 0.2) is 23.1 Å². The van der Waals surface area contributed by atoms with Crippen LogP contribution in [0.1, 0.15) is 24.2 Å². The summed E-state index contributed by atoms with van der Waals surface area (Å²) in [5.74, 6) is -1.53. The first-order chi connectivity index (χ1) is 10.3. The van der Waals surface area contributed by atoms with Crippen molar-refractivity contribution < 1.29 is 22.3 Å². The van der Waals surface area contributed by atoms with Crippen molar-refractivity contribution in [3.63, 3.8) is 0 Å². The van der Waals surface area contributed by atoms with Gasteiger partial charge >= 0.3 is 5.97 Å². The highest BCUT2D eigenvalue weighted by Gasteiger charge is 2.36. The molecule has 1 aliphatic heterocycles. The molecule has 0 aromatic heterocycles. The molecule has 2 unspecified atom stereocenters. The second kappa shape index (κ2) is 7.57. The van der Waals surface area contributed by atoms with Crippen molar-refractivity contribution in [1.82, 2.24) is 9.62 Å². The summed E-state index contributed by atoms with van der Waals surface area (Å²) >= 11 is 0. The van der Waals surface area contributed by atoms with E-state index in [0.29, 0.717) is 6.54 Å². The minimum absolute atomic E-state index is 0. The molecule has 2 atom stereocenters. The van der Waals surface area contributed by atoms with Crippen LogP contribution in [0, 0.1) is 5.82 Å². The molecular formula is C14H20ClFN2O4S. The number of ether oxygens (including phenoxy) is 1. The summed E-state index contributed by atoms with van der Waals surface area (Å²) in [5, 5.41) is 3.17. The lowest BCUT2D eigenvalue weighted by Gasteiger charge is -2.37. The molecule has 0 spiro atoms. The van der Waals surface area contributed by atoms with Gasteiger partial charge in [0, 0.05) is 25.2 Å². The lowest BCUT2D eigenvalue weighted by Crippen LogP contribution is -2.57. The van der Waals surface area contributed by atoms with Crippen molar-refractivity contribution in [3.8, 4) is 0 Å². The Morgan fingerprint density at radius 2 is 2.04 bits per heavy atom. The number of nitrogens with zero attached hydrogens (tertiary/aromatic N) is 1. The van der Waals surface area contributed by atoms with Crippen LogP contribution in [0.5, 0.6) is 0 Å². The average molecular weight is 367 g/mol. The molecule has 2 rings (SSSR count). The van der Waals surface area contributed by atoms with Crippen LogP contribution in [0.25, 0.3) is 0 Å². The Morgan fingerprint density at radius 1 is 1.39 bits per heavy atom. The number of hydrogen-bond acceptors (Lipinski definition) is 5. The van der Waals surface area contributed by atoms with E-state index in [-0.39, 0.29) is 41.5 Å². The number of benzene rings is 1. The molecule has 1 fully saturated rings. The maximum atomic E-state index is 13.5. The fourth-order valence-corrected chi connectivity index (χ4v) is 4.38. The molecule has 23 heavy (non-hydrogen) atoms. The first kappa shape index (κ1) is 19.8. The molecule has 0 aliphatic carbocycles. The number of piperazine rings is 1. The minimum Gasteiger partial charge on any atom is -0.465 e. The van der Waals surface area contributed by atoms with Crippen LogP contribution in [-0.4, -0.2) is 51.0 Å². The van der Waals surface area contributed by atoms with Gasteiger partial charge in [-0.05, 0) is 32.0 Å². The second-order valence-electron chi connectivity index (χ2n) is 5.23. The van der Waals surface area contributed by atoms with Crippen molar-refractivity contribution in [2.45, 2.75) is 30.8 Å². The molecule has 0 saturated carbocycles. The minimum atomic E-state index is -4.00. The van der Waals surface area contributed by atoms with E-state index in [1.54, 1.807) is 6.92 Å². The normalized spacial score (nSPS) is 22.3. The zero-order chi connectivity index (χ0) is 16.5. The Bertz CT molecular complexity index is 683. The van der Waals surface area contributed by atoms with Crippen LogP contribution >= 0.6 is 12.4 Å². The summed E-state index contributed by atoms with van der Waals surface area (Å²) in [4.78, 5) is 11.4. The number of esters is 1. The van der Waals surface area contributed by atoms with Crippen LogP contribution in [-0.2, 0) is 14.8 Å². The smallest absolute Gasteiger partial charge is 0.339 e. The summed E-state index contributed by atoms with van der Waals surface area (Å²) in [6, 6.07) is 2.67. The van der Waals surface area contributed by atoms with E-state index < -0.39 is 21.8 Å². The SMILES string of the molecule is COC(=O)c1ccc(F)cc1S(=O)(=O)N1CCNC(C)C1C.Cl. The third-order valence-electron chi connectivity index (χ3n) is 3.91. The topological polar surface area (TPSA) is 75.7 Å². The molecule has 1 aliphatic rings. The van der Waals surface area contributed by atoms with Gasteiger partial charge in [-0.1, -0.05) is 0 Å². The largest absolute Gasteiger partial charge is 0.465 e. The van der Waals surface area contributed by atoms with Gasteiger partial charge in [0.1, 0.15) is 5.82 Å². The Balaban J connectivity index is 0.00000264. The monoisotopic (exact) mass is 366 g/mol. The quantitative estimate of drug-likeness (QED) is 0.818. The Morgan fingerprint density at radius 3 is 2.65 bits per heavy atom. The first-order valence-electron chi connectivity index (χ1n) is 6.92. The van der Waals surface area contributed by atoms with Gasteiger partial charge in [0.05, 0.1) is 17.6 Å². The second-order valence-corrected chi connectivity index (χ2v) is 7.09. The number of carbonyl (C=O) groups excluding carboxylic acids is 1. The number of sulfonamides is 1. The lowest BCUT2D eigenvalue weighted by atomic mass is 10.1. The third kappa shape index (κ3) is 3.82. The summed E-state index contributed by atoms with van der Waals surface area (Å²) < 4.78 is 45.1. The van der Waals surface area contributed by atoms with Gasteiger partial charge in [0.25, 0.3) is 0 Å². The van der Waals surface area contributed by atoms with Crippen molar-refractivity contribution >= 4 is 28.4 Å². The van der Waals surface area contributed by atoms with Gasteiger partial charge in [-0.2, -0.15) is 4.31 Å². The molecule has 9 heteroatoms. The highest BCUT2D eigenvalue weighted by atomic mass is 35.5. The molecule has 1 saturated heterocycles. The van der Waals surface area contributed by atoms with Crippen molar-refractivity contribution in [1.29, 1.82) is 0 Å². The molecule has 1 N–H and O–H groups in total.